The molecule has 29 heavy (non-hydrogen) atoms. The second-order valence-corrected chi connectivity index (χ2v) is 5.70. The molecule has 0 unspecified atom stereocenters. The lowest BCUT2D eigenvalue weighted by atomic mass is 10.2. The van der Waals surface area contributed by atoms with Crippen molar-refractivity contribution >= 4 is 11.6 Å². The van der Waals surface area contributed by atoms with Crippen LogP contribution in [0.1, 0.15) is 15.9 Å². The molecule has 2 aromatic carbocycles. The predicted octanol–water partition coefficient (Wildman–Crippen LogP) is 5.56. The van der Waals surface area contributed by atoms with Crippen molar-refractivity contribution in [3.05, 3.63) is 83.4 Å². The zero-order valence-corrected chi connectivity index (χ0v) is 14.2. The van der Waals surface area contributed by atoms with Gasteiger partial charge in [0.25, 0.3) is 5.91 Å². The predicted molar refractivity (Wildman–Crippen MR) is 90.0 cm³/mol. The Balaban J connectivity index is 1.77. The van der Waals surface area contributed by atoms with Gasteiger partial charge in [0, 0.05) is 5.69 Å². The van der Waals surface area contributed by atoms with Gasteiger partial charge in [-0.15, -0.1) is 0 Å². The van der Waals surface area contributed by atoms with Crippen molar-refractivity contribution in [2.24, 2.45) is 0 Å². The Hall–Kier alpha value is -3.56. The van der Waals surface area contributed by atoms with Gasteiger partial charge in [-0.1, -0.05) is 0 Å². The lowest BCUT2D eigenvalue weighted by Crippen LogP contribution is -2.16. The molecule has 0 aliphatic heterocycles. The molecule has 0 aliphatic rings. The van der Waals surface area contributed by atoms with E-state index in [0.29, 0.717) is 18.5 Å². The molecule has 1 aromatic heterocycles. The summed E-state index contributed by atoms with van der Waals surface area (Å²) >= 11 is 0. The standard InChI is InChI=1S/C19H10F6N2O2/c20-10-1-6-16(13(7-10)19(23,24)25)29-12-4-2-11(3-5-12)27-18(28)17-14(21)8-26-9-15(17)22/h1-9H,(H,27,28). The van der Waals surface area contributed by atoms with Gasteiger partial charge in [-0.2, -0.15) is 13.2 Å². The Bertz CT molecular complexity index is 1030. The highest BCUT2D eigenvalue weighted by Crippen LogP contribution is 2.38. The summed E-state index contributed by atoms with van der Waals surface area (Å²) in [7, 11) is 0. The summed E-state index contributed by atoms with van der Waals surface area (Å²) in [5, 5.41) is 2.24. The number of ether oxygens (including phenoxy) is 1. The molecule has 0 bridgehead atoms. The molecule has 0 fully saturated rings. The maximum atomic E-state index is 13.6. The van der Waals surface area contributed by atoms with E-state index >= 15 is 0 Å². The molecule has 0 atom stereocenters. The average molecular weight is 412 g/mol. The van der Waals surface area contributed by atoms with Gasteiger partial charge < -0.3 is 10.1 Å². The van der Waals surface area contributed by atoms with Crippen molar-refractivity contribution in [2.45, 2.75) is 6.18 Å². The number of carbonyl (C=O) groups is 1. The third-order valence-electron chi connectivity index (χ3n) is 3.67. The fourth-order valence-electron chi connectivity index (χ4n) is 2.37. The average Bonchev–Trinajstić information content (AvgIpc) is 2.64. The number of carbonyl (C=O) groups excluding carboxylic acids is 1. The van der Waals surface area contributed by atoms with E-state index < -0.39 is 46.4 Å². The molecule has 1 amide bonds. The normalized spacial score (nSPS) is 11.2. The smallest absolute Gasteiger partial charge is 0.420 e. The number of hydrogen-bond acceptors (Lipinski definition) is 3. The Kier molecular flexibility index (Phi) is 5.44. The first kappa shape index (κ1) is 20.2. The van der Waals surface area contributed by atoms with Crippen LogP contribution in [-0.2, 0) is 6.18 Å². The highest BCUT2D eigenvalue weighted by molar-refractivity contribution is 6.04. The topological polar surface area (TPSA) is 51.2 Å². The number of alkyl halides is 3. The van der Waals surface area contributed by atoms with Crippen LogP contribution in [0.25, 0.3) is 0 Å². The highest BCUT2D eigenvalue weighted by atomic mass is 19.4. The van der Waals surface area contributed by atoms with Gasteiger partial charge in [0.05, 0.1) is 12.4 Å². The number of amides is 1. The second kappa shape index (κ2) is 7.82. The molecular weight excluding hydrogens is 402 g/mol. The summed E-state index contributed by atoms with van der Waals surface area (Å²) in [4.78, 5) is 15.3. The summed E-state index contributed by atoms with van der Waals surface area (Å²) in [6.45, 7) is 0. The molecule has 1 heterocycles. The molecular formula is C19H10F6N2O2. The van der Waals surface area contributed by atoms with Gasteiger partial charge in [0.15, 0.2) is 11.6 Å². The van der Waals surface area contributed by atoms with E-state index in [9.17, 15) is 31.1 Å². The van der Waals surface area contributed by atoms with Crippen LogP contribution in [0.3, 0.4) is 0 Å². The Labute approximate surface area is 159 Å². The van der Waals surface area contributed by atoms with Crippen LogP contribution in [0.5, 0.6) is 11.5 Å². The SMILES string of the molecule is O=C(Nc1ccc(Oc2ccc(F)cc2C(F)(F)F)cc1)c1c(F)cncc1F. The van der Waals surface area contributed by atoms with Crippen LogP contribution in [0.2, 0.25) is 0 Å². The molecule has 3 rings (SSSR count). The largest absolute Gasteiger partial charge is 0.457 e. The fraction of sp³-hybridized carbons (Fsp3) is 0.0526. The number of anilines is 1. The minimum absolute atomic E-state index is 0.0404. The number of nitrogens with one attached hydrogen (secondary N) is 1. The third kappa shape index (κ3) is 4.65. The number of benzene rings is 2. The molecule has 0 radical (unpaired) electrons. The highest BCUT2D eigenvalue weighted by Gasteiger charge is 2.35. The maximum absolute atomic E-state index is 13.6. The van der Waals surface area contributed by atoms with Crippen molar-refractivity contribution < 1.29 is 35.9 Å². The zero-order chi connectivity index (χ0) is 21.2. The lowest BCUT2D eigenvalue weighted by Gasteiger charge is -2.14. The first-order chi connectivity index (χ1) is 13.6. The minimum Gasteiger partial charge on any atom is -0.457 e. The number of rotatable bonds is 4. The van der Waals surface area contributed by atoms with Gasteiger partial charge in [0.2, 0.25) is 0 Å². The van der Waals surface area contributed by atoms with Gasteiger partial charge >= 0.3 is 6.18 Å². The summed E-state index contributed by atoms with van der Waals surface area (Å²) in [5.74, 6) is -5.11. The first-order valence-electron chi connectivity index (χ1n) is 7.90. The van der Waals surface area contributed by atoms with Gasteiger partial charge in [-0.3, -0.25) is 9.78 Å². The van der Waals surface area contributed by atoms with Crippen LogP contribution in [0.4, 0.5) is 32.0 Å². The minimum atomic E-state index is -4.83. The van der Waals surface area contributed by atoms with Crippen LogP contribution in [-0.4, -0.2) is 10.9 Å². The molecule has 0 aliphatic carbocycles. The molecule has 0 saturated carbocycles. The molecule has 10 heteroatoms. The van der Waals surface area contributed by atoms with E-state index in [1.165, 1.54) is 24.3 Å². The number of nitrogens with zero attached hydrogens (tertiary/aromatic N) is 1. The van der Waals surface area contributed by atoms with E-state index in [1.54, 1.807) is 0 Å². The molecule has 1 N–H and O–H groups in total. The van der Waals surface area contributed by atoms with Crippen molar-refractivity contribution in [3.63, 3.8) is 0 Å². The zero-order valence-electron chi connectivity index (χ0n) is 14.2. The summed E-state index contributed by atoms with van der Waals surface area (Å²) < 4.78 is 84.4. The maximum Gasteiger partial charge on any atom is 0.420 e. The van der Waals surface area contributed by atoms with Crippen LogP contribution >= 0.6 is 0 Å². The van der Waals surface area contributed by atoms with Crippen molar-refractivity contribution in [1.82, 2.24) is 4.98 Å². The van der Waals surface area contributed by atoms with E-state index in [0.717, 1.165) is 12.1 Å². The number of hydrogen-bond donors (Lipinski definition) is 1. The van der Waals surface area contributed by atoms with E-state index in [1.807, 2.05) is 0 Å². The molecule has 150 valence electrons. The Morgan fingerprint density at radius 2 is 1.55 bits per heavy atom. The van der Waals surface area contributed by atoms with E-state index in [4.69, 9.17) is 4.74 Å². The van der Waals surface area contributed by atoms with E-state index in [2.05, 4.69) is 10.3 Å². The van der Waals surface area contributed by atoms with Gasteiger partial charge in [0.1, 0.15) is 28.4 Å². The molecule has 0 saturated heterocycles. The molecule has 4 nitrogen and oxygen atoms in total. The van der Waals surface area contributed by atoms with Crippen LogP contribution < -0.4 is 10.1 Å². The quantitative estimate of drug-likeness (QED) is 0.571. The number of aromatic nitrogens is 1. The van der Waals surface area contributed by atoms with Gasteiger partial charge in [-0.05, 0) is 42.5 Å². The van der Waals surface area contributed by atoms with Gasteiger partial charge in [-0.25, -0.2) is 13.2 Å². The third-order valence-corrected chi connectivity index (χ3v) is 3.67. The van der Waals surface area contributed by atoms with Crippen molar-refractivity contribution in [2.75, 3.05) is 5.32 Å². The summed E-state index contributed by atoms with van der Waals surface area (Å²) in [6, 6.07) is 6.90. The van der Waals surface area contributed by atoms with Crippen LogP contribution in [0, 0.1) is 17.5 Å². The lowest BCUT2D eigenvalue weighted by molar-refractivity contribution is -0.138. The van der Waals surface area contributed by atoms with E-state index in [-0.39, 0.29) is 11.4 Å². The number of halogens is 6. The number of pyridine rings is 1. The second-order valence-electron chi connectivity index (χ2n) is 5.70. The Morgan fingerprint density at radius 1 is 0.931 bits per heavy atom. The fourth-order valence-corrected chi connectivity index (χ4v) is 2.37. The first-order valence-corrected chi connectivity index (χ1v) is 7.90. The summed E-state index contributed by atoms with van der Waals surface area (Å²) in [6.07, 6.45) is -3.48. The Morgan fingerprint density at radius 3 is 2.14 bits per heavy atom. The van der Waals surface area contributed by atoms with Crippen molar-refractivity contribution in [1.29, 1.82) is 0 Å². The van der Waals surface area contributed by atoms with Crippen molar-refractivity contribution in [3.8, 4) is 11.5 Å². The van der Waals surface area contributed by atoms with Crippen LogP contribution in [0.15, 0.2) is 54.9 Å². The monoisotopic (exact) mass is 412 g/mol. The molecule has 0 spiro atoms. The molecule has 3 aromatic rings. The summed E-state index contributed by atoms with van der Waals surface area (Å²) in [5.41, 5.74) is -2.02.